The average Bonchev–Trinajstić information content (AvgIpc) is 2.38. The third-order valence-electron chi connectivity index (χ3n) is 3.38. The number of benzene rings is 1. The summed E-state index contributed by atoms with van der Waals surface area (Å²) in [5.74, 6) is 0. The molecule has 2 N–H and O–H groups in total. The third kappa shape index (κ3) is 2.73. The third-order valence-corrected chi connectivity index (χ3v) is 3.69. The van der Waals surface area contributed by atoms with Crippen LogP contribution in [0.4, 0.5) is 5.69 Å². The Morgan fingerprint density at radius 1 is 1.41 bits per heavy atom. The molecule has 0 spiro atoms. The largest absolute Gasteiger partial charge is 0.381 e. The van der Waals surface area contributed by atoms with Crippen molar-refractivity contribution in [3.63, 3.8) is 0 Å². The number of anilines is 1. The lowest BCUT2D eigenvalue weighted by molar-refractivity contribution is 0.0819. The number of methoxy groups -OCH3 is 1. The molecule has 2 rings (SSSR count). The van der Waals surface area contributed by atoms with Crippen LogP contribution < -0.4 is 10.6 Å². The Bertz CT molecular complexity index is 376. The second-order valence-corrected chi connectivity index (χ2v) is 4.78. The van der Waals surface area contributed by atoms with Crippen molar-refractivity contribution in [2.24, 2.45) is 5.73 Å². The molecule has 17 heavy (non-hydrogen) atoms. The van der Waals surface area contributed by atoms with E-state index in [0.717, 1.165) is 42.2 Å². The SMILES string of the molecule is COC1CCN(c2c(Cl)cccc2CN)CC1. The van der Waals surface area contributed by atoms with Crippen LogP contribution in [0.3, 0.4) is 0 Å². The van der Waals surface area contributed by atoms with Gasteiger partial charge in [-0.15, -0.1) is 0 Å². The van der Waals surface area contributed by atoms with E-state index in [1.54, 1.807) is 7.11 Å². The zero-order valence-corrected chi connectivity index (χ0v) is 10.9. The summed E-state index contributed by atoms with van der Waals surface area (Å²) in [4.78, 5) is 2.32. The van der Waals surface area contributed by atoms with Crippen LogP contribution in [0.2, 0.25) is 5.02 Å². The molecule has 0 atom stereocenters. The van der Waals surface area contributed by atoms with Gasteiger partial charge in [0, 0.05) is 26.7 Å². The normalized spacial score (nSPS) is 17.5. The van der Waals surface area contributed by atoms with E-state index in [1.165, 1.54) is 0 Å². The topological polar surface area (TPSA) is 38.5 Å². The molecular weight excluding hydrogens is 236 g/mol. The maximum absolute atomic E-state index is 6.28. The fourth-order valence-corrected chi connectivity index (χ4v) is 2.71. The first-order chi connectivity index (χ1) is 8.26. The molecule has 0 amide bonds. The quantitative estimate of drug-likeness (QED) is 0.900. The number of para-hydroxylation sites is 1. The van der Waals surface area contributed by atoms with Crippen LogP contribution >= 0.6 is 11.6 Å². The molecule has 1 aromatic rings. The first-order valence-corrected chi connectivity index (χ1v) is 6.39. The van der Waals surface area contributed by atoms with Gasteiger partial charge in [0.2, 0.25) is 0 Å². The monoisotopic (exact) mass is 254 g/mol. The summed E-state index contributed by atoms with van der Waals surface area (Å²) in [5, 5.41) is 0.795. The molecule has 0 radical (unpaired) electrons. The van der Waals surface area contributed by atoms with Gasteiger partial charge in [-0.2, -0.15) is 0 Å². The Morgan fingerprint density at radius 3 is 2.71 bits per heavy atom. The van der Waals surface area contributed by atoms with Crippen molar-refractivity contribution in [1.29, 1.82) is 0 Å². The van der Waals surface area contributed by atoms with Crippen LogP contribution in [0.1, 0.15) is 18.4 Å². The fraction of sp³-hybridized carbons (Fsp3) is 0.538. The first-order valence-electron chi connectivity index (χ1n) is 6.01. The van der Waals surface area contributed by atoms with Gasteiger partial charge in [0.15, 0.2) is 0 Å². The van der Waals surface area contributed by atoms with Gasteiger partial charge in [0.05, 0.1) is 16.8 Å². The highest BCUT2D eigenvalue weighted by Gasteiger charge is 2.21. The van der Waals surface area contributed by atoms with Gasteiger partial charge < -0.3 is 15.4 Å². The Kier molecular flexibility index (Phi) is 4.26. The maximum Gasteiger partial charge on any atom is 0.0642 e. The van der Waals surface area contributed by atoms with Gasteiger partial charge in [0.1, 0.15) is 0 Å². The van der Waals surface area contributed by atoms with Crippen LogP contribution in [0, 0.1) is 0 Å². The number of piperidine rings is 1. The summed E-state index contributed by atoms with van der Waals surface area (Å²) in [5.41, 5.74) is 7.99. The number of nitrogens with zero attached hydrogens (tertiary/aromatic N) is 1. The summed E-state index contributed by atoms with van der Waals surface area (Å²) in [6, 6.07) is 5.93. The smallest absolute Gasteiger partial charge is 0.0642 e. The molecule has 1 aliphatic rings. The summed E-state index contributed by atoms with van der Waals surface area (Å²) in [6.45, 7) is 2.49. The van der Waals surface area contributed by atoms with E-state index in [4.69, 9.17) is 22.1 Å². The Labute approximate surface area is 107 Å². The minimum atomic E-state index is 0.384. The van der Waals surface area contributed by atoms with E-state index in [1.807, 2.05) is 18.2 Å². The van der Waals surface area contributed by atoms with Gasteiger partial charge in [-0.25, -0.2) is 0 Å². The summed E-state index contributed by atoms with van der Waals surface area (Å²) < 4.78 is 5.38. The Balaban J connectivity index is 2.17. The van der Waals surface area contributed by atoms with E-state index in [0.29, 0.717) is 12.6 Å². The molecule has 0 unspecified atom stereocenters. The van der Waals surface area contributed by atoms with Crippen molar-refractivity contribution in [1.82, 2.24) is 0 Å². The molecule has 1 fully saturated rings. The second kappa shape index (κ2) is 5.71. The molecule has 0 saturated carbocycles. The molecule has 1 aliphatic heterocycles. The Hall–Kier alpha value is -0.770. The molecule has 1 saturated heterocycles. The number of hydrogen-bond acceptors (Lipinski definition) is 3. The number of halogens is 1. The summed E-state index contributed by atoms with van der Waals surface area (Å²) >= 11 is 6.28. The maximum atomic E-state index is 6.28. The van der Waals surface area contributed by atoms with Crippen molar-refractivity contribution in [2.45, 2.75) is 25.5 Å². The van der Waals surface area contributed by atoms with E-state index >= 15 is 0 Å². The lowest BCUT2D eigenvalue weighted by atomic mass is 10.0. The minimum Gasteiger partial charge on any atom is -0.381 e. The number of ether oxygens (including phenoxy) is 1. The first kappa shape index (κ1) is 12.7. The summed E-state index contributed by atoms with van der Waals surface area (Å²) in [6.07, 6.45) is 2.48. The lowest BCUT2D eigenvalue weighted by Gasteiger charge is -2.34. The van der Waals surface area contributed by atoms with E-state index in [2.05, 4.69) is 4.90 Å². The van der Waals surface area contributed by atoms with Gasteiger partial charge in [-0.3, -0.25) is 0 Å². The zero-order valence-electron chi connectivity index (χ0n) is 10.2. The van der Waals surface area contributed by atoms with Crippen molar-refractivity contribution < 1.29 is 4.74 Å². The predicted molar refractivity (Wildman–Crippen MR) is 71.6 cm³/mol. The second-order valence-electron chi connectivity index (χ2n) is 4.37. The number of hydrogen-bond donors (Lipinski definition) is 1. The van der Waals surface area contributed by atoms with Gasteiger partial charge in [-0.1, -0.05) is 23.7 Å². The Morgan fingerprint density at radius 2 is 2.12 bits per heavy atom. The number of rotatable bonds is 3. The number of nitrogens with two attached hydrogens (primary N) is 1. The van der Waals surface area contributed by atoms with Crippen LogP contribution in [-0.4, -0.2) is 26.3 Å². The van der Waals surface area contributed by atoms with Gasteiger partial charge in [0.25, 0.3) is 0 Å². The highest BCUT2D eigenvalue weighted by Crippen LogP contribution is 2.32. The van der Waals surface area contributed by atoms with Crippen LogP contribution in [0.5, 0.6) is 0 Å². The molecule has 1 aromatic carbocycles. The van der Waals surface area contributed by atoms with E-state index < -0.39 is 0 Å². The molecule has 4 heteroatoms. The molecule has 0 bridgehead atoms. The van der Waals surface area contributed by atoms with Crippen LogP contribution in [0.15, 0.2) is 18.2 Å². The average molecular weight is 255 g/mol. The lowest BCUT2D eigenvalue weighted by Crippen LogP contribution is -2.37. The molecular formula is C13H19ClN2O. The molecule has 0 aliphatic carbocycles. The standard InChI is InChI=1S/C13H19ClN2O/c1-17-11-5-7-16(8-6-11)13-10(9-15)3-2-4-12(13)14/h2-4,11H,5-9,15H2,1H3. The predicted octanol–water partition coefficient (Wildman–Crippen LogP) is 2.41. The van der Waals surface area contributed by atoms with Crippen molar-refractivity contribution in [3.8, 4) is 0 Å². The van der Waals surface area contributed by atoms with Crippen molar-refractivity contribution in [2.75, 3.05) is 25.1 Å². The van der Waals surface area contributed by atoms with Crippen LogP contribution in [0.25, 0.3) is 0 Å². The highest BCUT2D eigenvalue weighted by molar-refractivity contribution is 6.33. The van der Waals surface area contributed by atoms with E-state index in [-0.39, 0.29) is 0 Å². The highest BCUT2D eigenvalue weighted by atomic mass is 35.5. The van der Waals surface area contributed by atoms with E-state index in [9.17, 15) is 0 Å². The molecule has 94 valence electrons. The fourth-order valence-electron chi connectivity index (χ4n) is 2.39. The summed E-state index contributed by atoms with van der Waals surface area (Å²) in [7, 11) is 1.78. The minimum absolute atomic E-state index is 0.384. The van der Waals surface area contributed by atoms with Crippen LogP contribution in [-0.2, 0) is 11.3 Å². The molecule has 0 aromatic heterocycles. The zero-order chi connectivity index (χ0) is 12.3. The van der Waals surface area contributed by atoms with Crippen molar-refractivity contribution >= 4 is 17.3 Å². The molecule has 3 nitrogen and oxygen atoms in total. The van der Waals surface area contributed by atoms with Gasteiger partial charge in [-0.05, 0) is 24.5 Å². The van der Waals surface area contributed by atoms with Crippen molar-refractivity contribution in [3.05, 3.63) is 28.8 Å². The molecule has 1 heterocycles. The van der Waals surface area contributed by atoms with Gasteiger partial charge >= 0.3 is 0 Å².